The molecule has 0 unspecified atom stereocenters. The largest absolute Gasteiger partial charge is 0.493 e. The van der Waals surface area contributed by atoms with E-state index in [1.54, 1.807) is 27.4 Å². The van der Waals surface area contributed by atoms with Crippen molar-refractivity contribution in [3.05, 3.63) is 17.7 Å². The van der Waals surface area contributed by atoms with E-state index in [-0.39, 0.29) is 6.61 Å². The molecule has 0 aliphatic carbocycles. The van der Waals surface area contributed by atoms with E-state index in [1.165, 1.54) is 0 Å². The molecule has 3 N–H and O–H groups in total. The van der Waals surface area contributed by atoms with Crippen molar-refractivity contribution in [2.45, 2.75) is 12.6 Å². The minimum atomic E-state index is -0.772. The quantitative estimate of drug-likeness (QED) is 0.625. The third kappa shape index (κ3) is 3.99. The van der Waals surface area contributed by atoms with E-state index in [9.17, 15) is 5.11 Å². The van der Waals surface area contributed by atoms with E-state index in [4.69, 9.17) is 19.3 Å². The lowest BCUT2D eigenvalue weighted by molar-refractivity contribution is 0.0941. The molecule has 0 amide bonds. The summed E-state index contributed by atoms with van der Waals surface area (Å²) in [6.45, 7) is 0.519. The predicted octanol–water partition coefficient (Wildman–Crippen LogP) is 0.155. The second-order valence-corrected chi connectivity index (χ2v) is 3.96. The Balaban J connectivity index is 2.83. The number of rotatable bonds is 8. The summed E-state index contributed by atoms with van der Waals surface area (Å²) in [5.74, 6) is 1.72. The van der Waals surface area contributed by atoms with Gasteiger partial charge in [-0.25, -0.2) is 0 Å². The Kier molecular flexibility index (Phi) is 6.41. The van der Waals surface area contributed by atoms with Crippen LogP contribution in [0.25, 0.3) is 0 Å². The van der Waals surface area contributed by atoms with Gasteiger partial charge in [0.2, 0.25) is 5.75 Å². The summed E-state index contributed by atoms with van der Waals surface area (Å²) in [5.41, 5.74) is 0.880. The van der Waals surface area contributed by atoms with E-state index < -0.39 is 6.10 Å². The average Bonchev–Trinajstić information content (AvgIpc) is 2.45. The first-order chi connectivity index (χ1) is 9.17. The highest BCUT2D eigenvalue weighted by Crippen LogP contribution is 2.39. The van der Waals surface area contributed by atoms with Crippen LogP contribution in [0.4, 0.5) is 0 Å². The summed E-state index contributed by atoms with van der Waals surface area (Å²) < 4.78 is 15.8. The van der Waals surface area contributed by atoms with E-state index in [0.29, 0.717) is 30.3 Å². The Morgan fingerprint density at radius 2 is 1.79 bits per heavy atom. The van der Waals surface area contributed by atoms with Crippen LogP contribution in [0.5, 0.6) is 17.2 Å². The molecule has 0 radical (unpaired) electrons. The van der Waals surface area contributed by atoms with Gasteiger partial charge in [0, 0.05) is 18.7 Å². The van der Waals surface area contributed by atoms with Crippen molar-refractivity contribution < 1.29 is 24.4 Å². The molecule has 0 aliphatic rings. The van der Waals surface area contributed by atoms with Gasteiger partial charge in [-0.15, -0.1) is 0 Å². The van der Waals surface area contributed by atoms with Crippen LogP contribution in [0.15, 0.2) is 12.1 Å². The number of hydrogen-bond donors (Lipinski definition) is 3. The van der Waals surface area contributed by atoms with Crippen LogP contribution in [0.1, 0.15) is 5.56 Å². The zero-order valence-corrected chi connectivity index (χ0v) is 11.5. The Bertz CT molecular complexity index is 397. The molecule has 1 aromatic rings. The lowest BCUT2D eigenvalue weighted by Gasteiger charge is -2.16. The third-order valence-electron chi connectivity index (χ3n) is 2.69. The first-order valence-electron chi connectivity index (χ1n) is 5.95. The maximum atomic E-state index is 9.26. The number of aliphatic hydroxyl groups excluding tert-OH is 2. The number of hydrogen-bond acceptors (Lipinski definition) is 6. The third-order valence-corrected chi connectivity index (χ3v) is 2.69. The standard InChI is InChI=1S/C13H21NO5/c1-17-11-5-4-9(6-14-7-10(16)8-15)12(18-2)13(11)19-3/h4-5,10,14-16H,6-8H2,1-3H3/t10-/m1/s1. The van der Waals surface area contributed by atoms with Gasteiger partial charge >= 0.3 is 0 Å². The number of benzene rings is 1. The fraction of sp³-hybridized carbons (Fsp3) is 0.538. The number of aliphatic hydroxyl groups is 2. The van der Waals surface area contributed by atoms with E-state index in [1.807, 2.05) is 6.07 Å². The van der Waals surface area contributed by atoms with Gasteiger partial charge < -0.3 is 29.7 Å². The highest BCUT2D eigenvalue weighted by atomic mass is 16.5. The van der Waals surface area contributed by atoms with Crippen molar-refractivity contribution >= 4 is 0 Å². The van der Waals surface area contributed by atoms with Crippen molar-refractivity contribution in [3.8, 4) is 17.2 Å². The average molecular weight is 271 g/mol. The molecule has 0 saturated heterocycles. The summed E-state index contributed by atoms with van der Waals surface area (Å²) in [6.07, 6.45) is -0.772. The molecule has 6 heteroatoms. The molecule has 1 atom stereocenters. The zero-order valence-electron chi connectivity index (χ0n) is 11.5. The van der Waals surface area contributed by atoms with Crippen molar-refractivity contribution in [1.29, 1.82) is 0 Å². The van der Waals surface area contributed by atoms with Crippen LogP contribution in [0.2, 0.25) is 0 Å². The SMILES string of the molecule is COc1ccc(CNC[C@@H](O)CO)c(OC)c1OC. The second-order valence-electron chi connectivity index (χ2n) is 3.96. The maximum absolute atomic E-state index is 9.26. The van der Waals surface area contributed by atoms with Crippen molar-refractivity contribution in [2.75, 3.05) is 34.5 Å². The molecule has 1 aromatic carbocycles. The molecular formula is C13H21NO5. The first kappa shape index (κ1) is 15.6. The first-order valence-corrected chi connectivity index (χ1v) is 5.95. The lowest BCUT2D eigenvalue weighted by Crippen LogP contribution is -2.29. The minimum Gasteiger partial charge on any atom is -0.493 e. The molecule has 19 heavy (non-hydrogen) atoms. The molecule has 0 heterocycles. The van der Waals surface area contributed by atoms with Gasteiger partial charge in [-0.3, -0.25) is 0 Å². The molecule has 0 fully saturated rings. The smallest absolute Gasteiger partial charge is 0.203 e. The molecule has 0 bridgehead atoms. The van der Waals surface area contributed by atoms with Crippen LogP contribution in [-0.4, -0.2) is 50.8 Å². The molecule has 0 saturated carbocycles. The molecule has 0 spiro atoms. The van der Waals surface area contributed by atoms with Gasteiger partial charge in [0.15, 0.2) is 11.5 Å². The number of methoxy groups -OCH3 is 3. The second kappa shape index (κ2) is 7.83. The molecule has 0 aromatic heterocycles. The molecule has 108 valence electrons. The van der Waals surface area contributed by atoms with Crippen molar-refractivity contribution in [2.24, 2.45) is 0 Å². The summed E-state index contributed by atoms with van der Waals surface area (Å²) in [4.78, 5) is 0. The normalized spacial score (nSPS) is 12.1. The van der Waals surface area contributed by atoms with Gasteiger partial charge in [-0.2, -0.15) is 0 Å². The number of nitrogens with one attached hydrogen (secondary N) is 1. The predicted molar refractivity (Wildman–Crippen MR) is 70.9 cm³/mol. The number of ether oxygens (including phenoxy) is 3. The van der Waals surface area contributed by atoms with Crippen molar-refractivity contribution in [3.63, 3.8) is 0 Å². The van der Waals surface area contributed by atoms with E-state index in [0.717, 1.165) is 5.56 Å². The highest BCUT2D eigenvalue weighted by molar-refractivity contribution is 5.55. The topological polar surface area (TPSA) is 80.2 Å². The molecule has 1 rings (SSSR count). The summed E-state index contributed by atoms with van der Waals surface area (Å²) in [5, 5.41) is 21.0. The van der Waals surface area contributed by atoms with Crippen LogP contribution in [-0.2, 0) is 6.54 Å². The Morgan fingerprint density at radius 3 is 2.32 bits per heavy atom. The molecular weight excluding hydrogens is 250 g/mol. The van der Waals surface area contributed by atoms with Gasteiger partial charge in [0.25, 0.3) is 0 Å². The fourth-order valence-electron chi connectivity index (χ4n) is 1.74. The van der Waals surface area contributed by atoms with Gasteiger partial charge in [0.1, 0.15) is 0 Å². The van der Waals surface area contributed by atoms with Crippen molar-refractivity contribution in [1.82, 2.24) is 5.32 Å². The monoisotopic (exact) mass is 271 g/mol. The summed E-state index contributed by atoms with van der Waals surface area (Å²) >= 11 is 0. The Morgan fingerprint density at radius 1 is 1.11 bits per heavy atom. The summed E-state index contributed by atoms with van der Waals surface area (Å²) in [7, 11) is 4.67. The zero-order chi connectivity index (χ0) is 14.3. The summed E-state index contributed by atoms with van der Waals surface area (Å²) in [6, 6.07) is 3.65. The van der Waals surface area contributed by atoms with E-state index in [2.05, 4.69) is 5.32 Å². The molecule has 6 nitrogen and oxygen atoms in total. The van der Waals surface area contributed by atoms with Gasteiger partial charge in [0.05, 0.1) is 34.0 Å². The minimum absolute atomic E-state index is 0.268. The van der Waals surface area contributed by atoms with Gasteiger partial charge in [-0.1, -0.05) is 6.07 Å². The van der Waals surface area contributed by atoms with Gasteiger partial charge in [-0.05, 0) is 6.07 Å². The lowest BCUT2D eigenvalue weighted by atomic mass is 10.1. The molecule has 0 aliphatic heterocycles. The van der Waals surface area contributed by atoms with Crippen LogP contribution in [0.3, 0.4) is 0 Å². The Labute approximate surface area is 112 Å². The van der Waals surface area contributed by atoms with Crippen LogP contribution < -0.4 is 19.5 Å². The fourth-order valence-corrected chi connectivity index (χ4v) is 1.74. The highest BCUT2D eigenvalue weighted by Gasteiger charge is 2.15. The van der Waals surface area contributed by atoms with Crippen LogP contribution in [0, 0.1) is 0 Å². The Hall–Kier alpha value is -1.50. The maximum Gasteiger partial charge on any atom is 0.203 e. The van der Waals surface area contributed by atoms with E-state index >= 15 is 0 Å². The van der Waals surface area contributed by atoms with Crippen LogP contribution >= 0.6 is 0 Å².